The first kappa shape index (κ1) is 11.6. The zero-order valence-electron chi connectivity index (χ0n) is 10.6. The summed E-state index contributed by atoms with van der Waals surface area (Å²) in [5.74, 6) is 0.750. The molecule has 1 N–H and O–H groups in total. The van der Waals surface area contributed by atoms with Gasteiger partial charge in [-0.1, -0.05) is 13.0 Å². The van der Waals surface area contributed by atoms with E-state index < -0.39 is 5.60 Å². The molecule has 16 heavy (non-hydrogen) atoms. The molecule has 2 nitrogen and oxygen atoms in total. The minimum Gasteiger partial charge on any atom is -0.390 e. The quantitative estimate of drug-likeness (QED) is 0.787. The van der Waals surface area contributed by atoms with Crippen LogP contribution in [0.25, 0.3) is 0 Å². The minimum atomic E-state index is -0.671. The van der Waals surface area contributed by atoms with Crippen molar-refractivity contribution in [1.29, 1.82) is 0 Å². The number of rotatable bonds is 1. The van der Waals surface area contributed by atoms with E-state index >= 15 is 0 Å². The van der Waals surface area contributed by atoms with E-state index in [1.807, 2.05) is 20.8 Å². The summed E-state index contributed by atoms with van der Waals surface area (Å²) in [6.07, 6.45) is 2.18. The highest BCUT2D eigenvalue weighted by Crippen LogP contribution is 2.42. The SMILES string of the molecule is Cc1ccc2c(n1)[C@@H](C(C)(C)O)CC[C@@H]2C. The third kappa shape index (κ3) is 1.99. The fraction of sp³-hybridized carbons (Fsp3) is 0.643. The number of fused-ring (bicyclic) bond motifs is 1. The van der Waals surface area contributed by atoms with E-state index in [9.17, 15) is 5.11 Å². The molecule has 1 aromatic heterocycles. The molecular weight excluding hydrogens is 198 g/mol. The van der Waals surface area contributed by atoms with Crippen LogP contribution < -0.4 is 0 Å². The lowest BCUT2D eigenvalue weighted by atomic mass is 9.74. The molecule has 1 aliphatic rings. The summed E-state index contributed by atoms with van der Waals surface area (Å²) in [5.41, 5.74) is 2.81. The van der Waals surface area contributed by atoms with Crippen LogP contribution in [0, 0.1) is 6.92 Å². The van der Waals surface area contributed by atoms with Crippen LogP contribution in [0.4, 0.5) is 0 Å². The van der Waals surface area contributed by atoms with Crippen molar-refractivity contribution in [3.05, 3.63) is 29.1 Å². The molecule has 1 heterocycles. The Balaban J connectivity index is 2.50. The Hall–Kier alpha value is -0.890. The first-order valence-electron chi connectivity index (χ1n) is 6.09. The first-order chi connectivity index (χ1) is 7.39. The van der Waals surface area contributed by atoms with E-state index in [-0.39, 0.29) is 5.92 Å². The van der Waals surface area contributed by atoms with Crippen LogP contribution >= 0.6 is 0 Å². The molecule has 0 bridgehead atoms. The van der Waals surface area contributed by atoms with Gasteiger partial charge in [0.1, 0.15) is 0 Å². The van der Waals surface area contributed by atoms with E-state index in [1.165, 1.54) is 5.56 Å². The number of hydrogen-bond acceptors (Lipinski definition) is 2. The summed E-state index contributed by atoms with van der Waals surface area (Å²) in [4.78, 5) is 4.65. The first-order valence-corrected chi connectivity index (χ1v) is 6.09. The maximum Gasteiger partial charge on any atom is 0.0675 e. The van der Waals surface area contributed by atoms with Crippen LogP contribution in [0.3, 0.4) is 0 Å². The van der Waals surface area contributed by atoms with Crippen molar-refractivity contribution in [3.63, 3.8) is 0 Å². The fourth-order valence-corrected chi connectivity index (χ4v) is 2.68. The van der Waals surface area contributed by atoms with Crippen LogP contribution in [0.15, 0.2) is 12.1 Å². The van der Waals surface area contributed by atoms with Gasteiger partial charge in [-0.25, -0.2) is 0 Å². The van der Waals surface area contributed by atoms with Gasteiger partial charge in [0.25, 0.3) is 0 Å². The maximum atomic E-state index is 10.2. The van der Waals surface area contributed by atoms with Gasteiger partial charge < -0.3 is 5.11 Å². The molecule has 0 saturated carbocycles. The highest BCUT2D eigenvalue weighted by Gasteiger charge is 2.35. The Morgan fingerprint density at radius 3 is 2.62 bits per heavy atom. The number of aliphatic hydroxyl groups is 1. The Kier molecular flexibility index (Phi) is 2.79. The van der Waals surface area contributed by atoms with Crippen LogP contribution in [-0.4, -0.2) is 15.7 Å². The van der Waals surface area contributed by atoms with Gasteiger partial charge in [-0.3, -0.25) is 4.98 Å². The smallest absolute Gasteiger partial charge is 0.0675 e. The second kappa shape index (κ2) is 3.85. The van der Waals surface area contributed by atoms with Crippen LogP contribution in [0.1, 0.15) is 62.4 Å². The molecule has 0 fully saturated rings. The zero-order valence-corrected chi connectivity index (χ0v) is 10.6. The molecule has 0 saturated heterocycles. The number of pyridine rings is 1. The molecule has 88 valence electrons. The normalized spacial score (nSPS) is 25.3. The summed E-state index contributed by atoms with van der Waals surface area (Å²) < 4.78 is 0. The van der Waals surface area contributed by atoms with Gasteiger partial charge in [0.2, 0.25) is 0 Å². The Labute approximate surface area is 97.7 Å². The highest BCUT2D eigenvalue weighted by atomic mass is 16.3. The largest absolute Gasteiger partial charge is 0.390 e. The van der Waals surface area contributed by atoms with Gasteiger partial charge >= 0.3 is 0 Å². The minimum absolute atomic E-state index is 0.179. The van der Waals surface area contributed by atoms with E-state index in [0.29, 0.717) is 5.92 Å². The summed E-state index contributed by atoms with van der Waals surface area (Å²) in [5, 5.41) is 10.2. The standard InChI is InChI=1S/C14H21NO/c1-9-5-8-12(14(3,4)16)13-11(9)7-6-10(2)15-13/h6-7,9,12,16H,5,8H2,1-4H3/t9-,12-/m0/s1. The summed E-state index contributed by atoms with van der Waals surface area (Å²) >= 11 is 0. The van der Waals surface area contributed by atoms with E-state index in [4.69, 9.17) is 0 Å². The van der Waals surface area contributed by atoms with Crippen molar-refractivity contribution < 1.29 is 5.11 Å². The van der Waals surface area contributed by atoms with Gasteiger partial charge in [0, 0.05) is 11.6 Å². The second-order valence-electron chi connectivity index (χ2n) is 5.61. The molecule has 2 atom stereocenters. The predicted molar refractivity (Wildman–Crippen MR) is 65.7 cm³/mol. The second-order valence-corrected chi connectivity index (χ2v) is 5.61. The number of aromatic nitrogens is 1. The van der Waals surface area contributed by atoms with Gasteiger partial charge in [-0.2, -0.15) is 0 Å². The van der Waals surface area contributed by atoms with Gasteiger partial charge in [0.05, 0.1) is 11.3 Å². The van der Waals surface area contributed by atoms with Gasteiger partial charge in [0.15, 0.2) is 0 Å². The third-order valence-corrected chi connectivity index (χ3v) is 3.70. The molecule has 0 radical (unpaired) electrons. The monoisotopic (exact) mass is 219 g/mol. The van der Waals surface area contributed by atoms with Crippen LogP contribution in [-0.2, 0) is 0 Å². The molecule has 1 aromatic rings. The number of hydrogen-bond donors (Lipinski definition) is 1. The van der Waals surface area contributed by atoms with E-state index in [2.05, 4.69) is 24.0 Å². The Morgan fingerprint density at radius 1 is 1.31 bits per heavy atom. The molecule has 0 unspecified atom stereocenters. The molecule has 0 aliphatic heterocycles. The lowest BCUT2D eigenvalue weighted by Crippen LogP contribution is -2.33. The molecule has 1 aliphatic carbocycles. The number of aryl methyl sites for hydroxylation is 1. The molecule has 0 amide bonds. The third-order valence-electron chi connectivity index (χ3n) is 3.70. The Morgan fingerprint density at radius 2 is 2.00 bits per heavy atom. The molecule has 2 rings (SSSR count). The average molecular weight is 219 g/mol. The lowest BCUT2D eigenvalue weighted by Gasteiger charge is -2.36. The summed E-state index contributed by atoms with van der Waals surface area (Å²) in [6.45, 7) is 8.04. The maximum absolute atomic E-state index is 10.2. The van der Waals surface area contributed by atoms with Crippen LogP contribution in [0.2, 0.25) is 0 Å². The van der Waals surface area contributed by atoms with E-state index in [1.54, 1.807) is 0 Å². The molecule has 0 spiro atoms. The Bertz CT molecular complexity index is 392. The van der Waals surface area contributed by atoms with E-state index in [0.717, 1.165) is 24.2 Å². The van der Waals surface area contributed by atoms with Crippen molar-refractivity contribution in [2.45, 2.75) is 58.0 Å². The van der Waals surface area contributed by atoms with Crippen molar-refractivity contribution in [2.75, 3.05) is 0 Å². The highest BCUT2D eigenvalue weighted by molar-refractivity contribution is 5.32. The van der Waals surface area contributed by atoms with Crippen molar-refractivity contribution >= 4 is 0 Å². The predicted octanol–water partition coefficient (Wildman–Crippen LogP) is 3.14. The summed E-state index contributed by atoms with van der Waals surface area (Å²) in [7, 11) is 0. The van der Waals surface area contributed by atoms with Gasteiger partial charge in [-0.15, -0.1) is 0 Å². The van der Waals surface area contributed by atoms with Crippen molar-refractivity contribution in [3.8, 4) is 0 Å². The average Bonchev–Trinajstić information content (AvgIpc) is 2.15. The molecule has 0 aromatic carbocycles. The van der Waals surface area contributed by atoms with Crippen molar-refractivity contribution in [2.24, 2.45) is 0 Å². The topological polar surface area (TPSA) is 33.1 Å². The fourth-order valence-electron chi connectivity index (χ4n) is 2.68. The van der Waals surface area contributed by atoms with Gasteiger partial charge in [-0.05, 0) is 51.2 Å². The number of nitrogens with zero attached hydrogens (tertiary/aromatic N) is 1. The molecular formula is C14H21NO. The molecule has 2 heteroatoms. The summed E-state index contributed by atoms with van der Waals surface area (Å²) in [6, 6.07) is 4.25. The zero-order chi connectivity index (χ0) is 11.9. The lowest BCUT2D eigenvalue weighted by molar-refractivity contribution is 0.0407. The van der Waals surface area contributed by atoms with Crippen LogP contribution in [0.5, 0.6) is 0 Å². The van der Waals surface area contributed by atoms with Crippen molar-refractivity contribution in [1.82, 2.24) is 4.98 Å².